The van der Waals surface area contributed by atoms with Gasteiger partial charge in [-0.2, -0.15) is 0 Å². The first-order valence-corrected chi connectivity index (χ1v) is 3.47. The highest BCUT2D eigenvalue weighted by Gasteiger charge is 2.01. The number of hydrogen-bond donors (Lipinski definition) is 2. The predicted octanol–water partition coefficient (Wildman–Crippen LogP) is 0.806. The summed E-state index contributed by atoms with van der Waals surface area (Å²) in [7, 11) is 1.00. The van der Waals surface area contributed by atoms with E-state index in [1.54, 1.807) is 6.07 Å². The van der Waals surface area contributed by atoms with E-state index in [2.05, 4.69) is 0 Å². The molecule has 0 heterocycles. The number of carbonyl (C=O) groups is 2. The van der Waals surface area contributed by atoms with E-state index in [4.69, 9.17) is 10.2 Å². The summed E-state index contributed by atoms with van der Waals surface area (Å²) in [6.45, 7) is 0. The molecule has 0 unspecified atom stereocenters. The van der Waals surface area contributed by atoms with Crippen LogP contribution in [0, 0.1) is 0 Å². The van der Waals surface area contributed by atoms with Crippen molar-refractivity contribution in [3.63, 3.8) is 0 Å². The van der Waals surface area contributed by atoms with Crippen molar-refractivity contribution >= 4 is 12.3 Å². The third kappa shape index (κ3) is 3.48. The second-order valence-corrected chi connectivity index (χ2v) is 2.05. The molecule has 0 aliphatic carbocycles. The molecule has 0 aromatic heterocycles. The van der Waals surface area contributed by atoms with Crippen molar-refractivity contribution in [3.8, 4) is 0 Å². The molecule has 0 saturated carbocycles. The summed E-state index contributed by atoms with van der Waals surface area (Å²) in [6, 6.07) is 5.86. The maximum Gasteiger partial charge on any atom is 0.335 e. The fourth-order valence-electron chi connectivity index (χ4n) is 0.745. The highest BCUT2D eigenvalue weighted by Crippen LogP contribution is 2.02. The Morgan fingerprint density at radius 3 is 2.46 bits per heavy atom. The van der Waals surface area contributed by atoms with Crippen LogP contribution in [-0.2, 0) is 0 Å². The molecule has 0 bridgehead atoms. The van der Waals surface area contributed by atoms with Crippen molar-refractivity contribution in [1.82, 2.24) is 0 Å². The van der Waals surface area contributed by atoms with Gasteiger partial charge in [0.2, 0.25) is 0 Å². The number of aliphatic hydroxyl groups excluding tert-OH is 1. The van der Waals surface area contributed by atoms with Crippen LogP contribution in [-0.4, -0.2) is 29.6 Å². The van der Waals surface area contributed by atoms with Gasteiger partial charge >= 0.3 is 5.97 Å². The summed E-state index contributed by atoms with van der Waals surface area (Å²) < 4.78 is 0. The van der Waals surface area contributed by atoms with Gasteiger partial charge in [0.15, 0.2) is 0 Å². The lowest BCUT2D eigenvalue weighted by Gasteiger charge is -1.92. The lowest BCUT2D eigenvalue weighted by Crippen LogP contribution is -1.96. The van der Waals surface area contributed by atoms with Crippen LogP contribution in [0.2, 0.25) is 0 Å². The van der Waals surface area contributed by atoms with E-state index in [-0.39, 0.29) is 5.56 Å². The van der Waals surface area contributed by atoms with Gasteiger partial charge in [0.05, 0.1) is 5.56 Å². The molecule has 4 nitrogen and oxygen atoms in total. The molecule has 0 amide bonds. The SMILES string of the molecule is CO.O=Cc1cccc(C(=O)O)c1. The fourth-order valence-corrected chi connectivity index (χ4v) is 0.745. The number of benzene rings is 1. The normalized spacial score (nSPS) is 8.15. The highest BCUT2D eigenvalue weighted by atomic mass is 16.4. The number of aromatic carboxylic acids is 1. The first-order valence-electron chi connectivity index (χ1n) is 3.47. The van der Waals surface area contributed by atoms with Crippen molar-refractivity contribution in [2.24, 2.45) is 0 Å². The number of carboxylic acid groups (broad SMARTS) is 1. The largest absolute Gasteiger partial charge is 0.478 e. The zero-order chi connectivity index (χ0) is 10.3. The Morgan fingerprint density at radius 1 is 1.38 bits per heavy atom. The first-order chi connectivity index (χ1) is 6.24. The molecule has 4 heteroatoms. The summed E-state index contributed by atoms with van der Waals surface area (Å²) in [5.74, 6) is -1.02. The first kappa shape index (κ1) is 11.3. The molecule has 0 saturated heterocycles. The van der Waals surface area contributed by atoms with Crippen LogP contribution in [0.3, 0.4) is 0 Å². The Morgan fingerprint density at radius 2 is 2.00 bits per heavy atom. The van der Waals surface area contributed by atoms with Gasteiger partial charge in [0.1, 0.15) is 6.29 Å². The maximum absolute atomic E-state index is 10.4. The summed E-state index contributed by atoms with van der Waals surface area (Å²) in [4.78, 5) is 20.5. The smallest absolute Gasteiger partial charge is 0.335 e. The van der Waals surface area contributed by atoms with Crippen molar-refractivity contribution in [2.45, 2.75) is 0 Å². The van der Waals surface area contributed by atoms with E-state index in [1.165, 1.54) is 18.2 Å². The second-order valence-electron chi connectivity index (χ2n) is 2.05. The number of hydrogen-bond acceptors (Lipinski definition) is 3. The molecule has 13 heavy (non-hydrogen) atoms. The predicted molar refractivity (Wildman–Crippen MR) is 46.9 cm³/mol. The van der Waals surface area contributed by atoms with Crippen molar-refractivity contribution < 1.29 is 19.8 Å². The fraction of sp³-hybridized carbons (Fsp3) is 0.111. The van der Waals surface area contributed by atoms with E-state index >= 15 is 0 Å². The van der Waals surface area contributed by atoms with Crippen molar-refractivity contribution in [2.75, 3.05) is 7.11 Å². The van der Waals surface area contributed by atoms with Gasteiger partial charge in [-0.3, -0.25) is 4.79 Å². The van der Waals surface area contributed by atoms with Crippen LogP contribution in [0.25, 0.3) is 0 Å². The number of carbonyl (C=O) groups excluding carboxylic acids is 1. The minimum absolute atomic E-state index is 0.134. The molecule has 0 atom stereocenters. The van der Waals surface area contributed by atoms with Crippen LogP contribution >= 0.6 is 0 Å². The standard InChI is InChI=1S/C8H6O3.CH4O/c9-5-6-2-1-3-7(4-6)8(10)11;1-2/h1-5H,(H,10,11);2H,1H3. The molecule has 0 radical (unpaired) electrons. The Labute approximate surface area is 75.4 Å². The zero-order valence-electron chi connectivity index (χ0n) is 7.10. The lowest BCUT2D eigenvalue weighted by molar-refractivity contribution is 0.0697. The molecule has 0 fully saturated rings. The van der Waals surface area contributed by atoms with E-state index in [0.29, 0.717) is 11.8 Å². The molecule has 0 aliphatic heterocycles. The van der Waals surface area contributed by atoms with Gasteiger partial charge in [0.25, 0.3) is 0 Å². The molecule has 1 aromatic rings. The Hall–Kier alpha value is -1.68. The number of aliphatic hydroxyl groups is 1. The Kier molecular flexibility index (Phi) is 5.14. The highest BCUT2D eigenvalue weighted by molar-refractivity contribution is 5.90. The number of aldehydes is 1. The molecule has 0 spiro atoms. The van der Waals surface area contributed by atoms with Gasteiger partial charge in [0, 0.05) is 12.7 Å². The second kappa shape index (κ2) is 5.91. The lowest BCUT2D eigenvalue weighted by atomic mass is 10.1. The summed E-state index contributed by atoms with van der Waals surface area (Å²) in [5.41, 5.74) is 0.513. The van der Waals surface area contributed by atoms with Crippen LogP contribution < -0.4 is 0 Å². The van der Waals surface area contributed by atoms with Crippen LogP contribution in [0.5, 0.6) is 0 Å². The number of carboxylic acids is 1. The van der Waals surface area contributed by atoms with E-state index in [9.17, 15) is 9.59 Å². The molecule has 1 aromatic carbocycles. The van der Waals surface area contributed by atoms with Crippen molar-refractivity contribution in [3.05, 3.63) is 35.4 Å². The molecule has 0 aliphatic rings. The molecular weight excluding hydrogens is 172 g/mol. The number of rotatable bonds is 2. The monoisotopic (exact) mass is 182 g/mol. The molecular formula is C9H10O4. The average molecular weight is 182 g/mol. The summed E-state index contributed by atoms with van der Waals surface area (Å²) >= 11 is 0. The van der Waals surface area contributed by atoms with Gasteiger partial charge < -0.3 is 10.2 Å². The average Bonchev–Trinajstić information content (AvgIpc) is 2.21. The summed E-state index contributed by atoms with van der Waals surface area (Å²) in [6.07, 6.45) is 0.617. The molecule has 1 rings (SSSR count). The van der Waals surface area contributed by atoms with Gasteiger partial charge in [-0.15, -0.1) is 0 Å². The minimum atomic E-state index is -1.02. The third-order valence-corrected chi connectivity index (χ3v) is 1.27. The Balaban J connectivity index is 0.000000671. The van der Waals surface area contributed by atoms with Gasteiger partial charge in [-0.1, -0.05) is 12.1 Å². The van der Waals surface area contributed by atoms with Crippen LogP contribution in [0.1, 0.15) is 20.7 Å². The molecule has 2 N–H and O–H groups in total. The minimum Gasteiger partial charge on any atom is -0.478 e. The van der Waals surface area contributed by atoms with Crippen molar-refractivity contribution in [1.29, 1.82) is 0 Å². The maximum atomic E-state index is 10.4. The van der Waals surface area contributed by atoms with Crippen LogP contribution in [0.15, 0.2) is 24.3 Å². The quantitative estimate of drug-likeness (QED) is 0.663. The third-order valence-electron chi connectivity index (χ3n) is 1.27. The van der Waals surface area contributed by atoms with E-state index < -0.39 is 5.97 Å². The van der Waals surface area contributed by atoms with Gasteiger partial charge in [-0.05, 0) is 12.1 Å². The van der Waals surface area contributed by atoms with Crippen LogP contribution in [0.4, 0.5) is 0 Å². The van der Waals surface area contributed by atoms with E-state index in [0.717, 1.165) is 7.11 Å². The van der Waals surface area contributed by atoms with E-state index in [1.807, 2.05) is 0 Å². The van der Waals surface area contributed by atoms with Gasteiger partial charge in [-0.25, -0.2) is 4.79 Å². The summed E-state index contributed by atoms with van der Waals surface area (Å²) in [5, 5.41) is 15.5. The Bertz CT molecular complexity index is 293. The molecule has 70 valence electrons. The zero-order valence-corrected chi connectivity index (χ0v) is 7.10. The topological polar surface area (TPSA) is 74.6 Å².